The third-order valence-electron chi connectivity index (χ3n) is 18.5. The number of imide groups is 2. The summed E-state index contributed by atoms with van der Waals surface area (Å²) in [7, 11) is 0. The Labute approximate surface area is 550 Å². The van der Waals surface area contributed by atoms with Crippen LogP contribution >= 0.6 is 0 Å². The van der Waals surface area contributed by atoms with Gasteiger partial charge in [0.1, 0.15) is 0 Å². The van der Waals surface area contributed by atoms with Crippen LogP contribution in [0.1, 0.15) is 131 Å². The zero-order valence-corrected chi connectivity index (χ0v) is 54.9. The Bertz CT molecular complexity index is 4200. The fraction of sp³-hybridized carbons (Fsp3) is 0.220. The number of carbonyl (C=O) groups excluding carboxylic acids is 6. The van der Waals surface area contributed by atoms with Crippen LogP contribution in [0.4, 0.5) is 11.4 Å². The summed E-state index contributed by atoms with van der Waals surface area (Å²) in [5.41, 5.74) is 19.9. The van der Waals surface area contributed by atoms with Gasteiger partial charge in [0.25, 0.3) is 23.6 Å². The minimum Gasteiger partial charge on any atom is -0.478 e. The molecule has 0 unspecified atom stereocenters. The van der Waals surface area contributed by atoms with E-state index in [-0.39, 0.29) is 48.0 Å². The molecule has 0 aromatic heterocycles. The Morgan fingerprint density at radius 1 is 0.362 bits per heavy atom. The number of amides is 4. The fourth-order valence-corrected chi connectivity index (χ4v) is 13.2. The quantitative estimate of drug-likeness (QED) is 0.0376. The van der Waals surface area contributed by atoms with Gasteiger partial charge in [-0.1, -0.05) is 185 Å². The lowest BCUT2D eigenvalue weighted by Crippen LogP contribution is -2.33. The maximum absolute atomic E-state index is 12.7. The standard InChI is InChI=1S/C42H42O6.C40H36N2O4/c1-6-29-23-34(21-27(3)38(29)25-36(43)17-19-40(45)46)42(5,33-15-13-32(14-16-33)31-11-9-8-10-12-31)35-22-28(4)39(30(7-2)24-35)26-37(44)18-20-41(47)48;1-6-27-23-32(21-25(3)38(27)41-34(43)17-18-35(41)44)40(5,31-15-13-30(14-16-31)29-11-9-8-10-12-29)33-22-26(4)39(28(7-2)24-33)42-36(45)19-20-37(42)46/h8-24H,6-7,25-26H2,1-5H3,(H,45,46)(H,47,48);8-24H,6-7H2,1-5H3/b19-17+,20-18+;. The minimum absolute atomic E-state index is 0.111. The first kappa shape index (κ1) is 67.7. The number of hydrogen-bond donors (Lipinski definition) is 2. The number of aryl methyl sites for hydroxylation is 8. The van der Waals surface area contributed by atoms with Crippen molar-refractivity contribution >= 4 is 58.5 Å². The molecule has 0 fully saturated rings. The van der Waals surface area contributed by atoms with Crippen molar-refractivity contribution in [3.63, 3.8) is 0 Å². The van der Waals surface area contributed by atoms with E-state index in [1.807, 2.05) is 77.9 Å². The molecule has 2 aliphatic heterocycles. The van der Waals surface area contributed by atoms with Crippen LogP contribution in [0.2, 0.25) is 0 Å². The minimum atomic E-state index is -1.16. The zero-order valence-electron chi connectivity index (χ0n) is 54.9. The summed E-state index contributed by atoms with van der Waals surface area (Å²) in [5, 5.41) is 18.0. The van der Waals surface area contributed by atoms with Gasteiger partial charge in [-0.15, -0.1) is 0 Å². The number of benzene rings is 8. The molecule has 0 spiro atoms. The summed E-state index contributed by atoms with van der Waals surface area (Å²) in [5.74, 6) is -4.21. The first-order valence-electron chi connectivity index (χ1n) is 31.8. The summed E-state index contributed by atoms with van der Waals surface area (Å²) in [6.07, 6.45) is 12.1. The number of aliphatic carboxylic acids is 2. The molecule has 476 valence electrons. The van der Waals surface area contributed by atoms with E-state index in [1.54, 1.807) is 0 Å². The van der Waals surface area contributed by atoms with E-state index in [1.165, 1.54) is 34.1 Å². The lowest BCUT2D eigenvalue weighted by molar-refractivity contribution is -0.132. The molecule has 0 atom stereocenters. The normalized spacial score (nSPS) is 13.2. The molecule has 2 N–H and O–H groups in total. The van der Waals surface area contributed by atoms with Crippen molar-refractivity contribution < 1.29 is 48.6 Å². The summed E-state index contributed by atoms with van der Waals surface area (Å²) >= 11 is 0. The number of rotatable bonds is 22. The van der Waals surface area contributed by atoms with Crippen LogP contribution in [0.5, 0.6) is 0 Å². The lowest BCUT2D eigenvalue weighted by atomic mass is 9.68. The Morgan fingerprint density at radius 2 is 0.638 bits per heavy atom. The number of carboxylic acids is 2. The first-order valence-corrected chi connectivity index (χ1v) is 31.8. The average molecular weight is 1250 g/mol. The Morgan fingerprint density at radius 3 is 0.926 bits per heavy atom. The largest absolute Gasteiger partial charge is 0.478 e. The van der Waals surface area contributed by atoms with Crippen LogP contribution in [-0.4, -0.2) is 57.3 Å². The van der Waals surface area contributed by atoms with Gasteiger partial charge in [0.15, 0.2) is 11.6 Å². The van der Waals surface area contributed by atoms with Crippen molar-refractivity contribution in [2.75, 3.05) is 9.80 Å². The highest BCUT2D eigenvalue weighted by atomic mass is 16.4. The molecule has 0 bridgehead atoms. The number of anilines is 2. The summed E-state index contributed by atoms with van der Waals surface area (Å²) in [6, 6.07) is 54.5. The van der Waals surface area contributed by atoms with Crippen molar-refractivity contribution in [1.82, 2.24) is 0 Å². The second-order valence-electron chi connectivity index (χ2n) is 24.3. The van der Waals surface area contributed by atoms with Gasteiger partial charge in [-0.3, -0.25) is 28.8 Å². The van der Waals surface area contributed by atoms with E-state index >= 15 is 0 Å². The van der Waals surface area contributed by atoms with Gasteiger partial charge in [0.2, 0.25) is 0 Å². The van der Waals surface area contributed by atoms with Crippen LogP contribution in [0.3, 0.4) is 0 Å². The molecule has 12 nitrogen and oxygen atoms in total. The maximum atomic E-state index is 12.7. The van der Waals surface area contributed by atoms with Crippen LogP contribution in [0.15, 0.2) is 206 Å². The second kappa shape index (κ2) is 28.8. The van der Waals surface area contributed by atoms with Crippen molar-refractivity contribution in [2.24, 2.45) is 0 Å². The SMILES string of the molecule is CCc1cc(C(C)(c2ccc(-c3ccccc3)cc2)c2cc(C)c(CC(=O)/C=C/C(=O)O)c(CC)c2)cc(C)c1CC(=O)/C=C/C(=O)O.CCc1cc(C(C)(c2ccc(-c3ccccc3)cc2)c2cc(C)c(N3C(=O)C=CC3=O)c(CC)c2)cc(C)c1N1C(=O)C=CC1=O. The van der Waals surface area contributed by atoms with Gasteiger partial charge in [-0.2, -0.15) is 0 Å². The number of hydrogen-bond acceptors (Lipinski definition) is 8. The van der Waals surface area contributed by atoms with Gasteiger partial charge in [0.05, 0.1) is 11.4 Å². The molecule has 8 aromatic rings. The monoisotopic (exact) mass is 1250 g/mol. The molecular weight excluding hydrogens is 1170 g/mol. The molecule has 12 heteroatoms. The van der Waals surface area contributed by atoms with Crippen molar-refractivity contribution in [3.05, 3.63) is 295 Å². The first-order chi connectivity index (χ1) is 44.9. The van der Waals surface area contributed by atoms with E-state index in [4.69, 9.17) is 10.2 Å². The van der Waals surface area contributed by atoms with Crippen molar-refractivity contribution in [3.8, 4) is 22.3 Å². The predicted octanol–water partition coefficient (Wildman–Crippen LogP) is 15.3. The number of carbonyl (C=O) groups is 8. The molecule has 0 radical (unpaired) electrons. The maximum Gasteiger partial charge on any atom is 0.328 e. The van der Waals surface area contributed by atoms with Gasteiger partial charge < -0.3 is 10.2 Å². The Kier molecular flexibility index (Phi) is 20.8. The number of allylic oxidation sites excluding steroid dienone is 2. The van der Waals surface area contributed by atoms with Gasteiger partial charge in [0, 0.05) is 60.1 Å². The molecule has 2 aliphatic rings. The van der Waals surface area contributed by atoms with Crippen molar-refractivity contribution in [1.29, 1.82) is 0 Å². The van der Waals surface area contributed by atoms with Crippen LogP contribution < -0.4 is 9.80 Å². The van der Waals surface area contributed by atoms with Gasteiger partial charge in [-0.25, -0.2) is 19.4 Å². The fourth-order valence-electron chi connectivity index (χ4n) is 13.2. The van der Waals surface area contributed by atoms with E-state index in [9.17, 15) is 38.4 Å². The molecule has 0 saturated carbocycles. The van der Waals surface area contributed by atoms with E-state index in [0.717, 1.165) is 136 Å². The highest BCUT2D eigenvalue weighted by Gasteiger charge is 2.38. The smallest absolute Gasteiger partial charge is 0.328 e. The third kappa shape index (κ3) is 14.0. The van der Waals surface area contributed by atoms with Gasteiger partial charge in [-0.05, 0) is 191 Å². The zero-order chi connectivity index (χ0) is 67.8. The molecule has 2 heterocycles. The number of carboxylic acid groups (broad SMARTS) is 2. The number of ketones is 2. The molecule has 94 heavy (non-hydrogen) atoms. The second-order valence-corrected chi connectivity index (χ2v) is 24.3. The molecule has 8 aromatic carbocycles. The van der Waals surface area contributed by atoms with E-state index in [2.05, 4.69) is 149 Å². The van der Waals surface area contributed by atoms with E-state index in [0.29, 0.717) is 37.1 Å². The molecule has 0 aliphatic carbocycles. The van der Waals surface area contributed by atoms with Crippen LogP contribution in [0.25, 0.3) is 22.3 Å². The van der Waals surface area contributed by atoms with Crippen molar-refractivity contribution in [2.45, 2.75) is 119 Å². The third-order valence-corrected chi connectivity index (χ3v) is 18.5. The summed E-state index contributed by atoms with van der Waals surface area (Å²) in [4.78, 5) is 101. The molecule has 10 rings (SSSR count). The average Bonchev–Trinajstić information content (AvgIpc) is 0.866. The summed E-state index contributed by atoms with van der Waals surface area (Å²) < 4.78 is 0. The Hall–Kier alpha value is -10.7. The molecule has 0 saturated heterocycles. The highest BCUT2D eigenvalue weighted by molar-refractivity contribution is 6.29. The van der Waals surface area contributed by atoms with E-state index < -0.39 is 22.8 Å². The topological polar surface area (TPSA) is 183 Å². The van der Waals surface area contributed by atoms with Gasteiger partial charge >= 0.3 is 11.9 Å². The number of nitrogens with zero attached hydrogens (tertiary/aromatic N) is 2. The predicted molar refractivity (Wildman–Crippen MR) is 371 cm³/mol. The van der Waals surface area contributed by atoms with Crippen LogP contribution in [-0.2, 0) is 87.7 Å². The molecular formula is C82H78N2O10. The summed E-state index contributed by atoms with van der Waals surface area (Å²) in [6.45, 7) is 20.4. The van der Waals surface area contributed by atoms with Crippen LogP contribution in [0, 0.1) is 27.7 Å². The molecule has 4 amide bonds. The Balaban J connectivity index is 0.000000221. The lowest BCUT2D eigenvalue weighted by Gasteiger charge is -2.35. The highest BCUT2D eigenvalue weighted by Crippen LogP contribution is 2.46.